The van der Waals surface area contributed by atoms with Gasteiger partial charge in [0.25, 0.3) is 0 Å². The lowest BCUT2D eigenvalue weighted by Crippen LogP contribution is -2.51. The Bertz CT molecular complexity index is 1060. The van der Waals surface area contributed by atoms with Crippen LogP contribution in [0.2, 0.25) is 0 Å². The molecule has 0 radical (unpaired) electrons. The highest BCUT2D eigenvalue weighted by molar-refractivity contribution is 5.92. The van der Waals surface area contributed by atoms with Gasteiger partial charge in [-0.05, 0) is 23.3 Å². The first-order chi connectivity index (χ1) is 17.2. The number of esters is 1. The first-order valence-electron chi connectivity index (χ1n) is 11.2. The van der Waals surface area contributed by atoms with Gasteiger partial charge in [0.2, 0.25) is 23.6 Å². The Hall–Kier alpha value is -4.41. The molecular formula is C25H30N4O7. The van der Waals surface area contributed by atoms with Gasteiger partial charge in [0.05, 0.1) is 20.2 Å². The lowest BCUT2D eigenvalue weighted by molar-refractivity contribution is -0.145. The molecule has 36 heavy (non-hydrogen) atoms. The van der Waals surface area contributed by atoms with E-state index in [1.54, 1.807) is 24.3 Å². The normalized spacial score (nSPS) is 11.9. The topological polar surface area (TPSA) is 163 Å². The monoisotopic (exact) mass is 498 g/mol. The summed E-state index contributed by atoms with van der Waals surface area (Å²) in [4.78, 5) is 60.5. The summed E-state index contributed by atoms with van der Waals surface area (Å²) in [5.41, 5.74) is 1.51. The maximum absolute atomic E-state index is 12.5. The van der Waals surface area contributed by atoms with Gasteiger partial charge in [-0.2, -0.15) is 0 Å². The van der Waals surface area contributed by atoms with Crippen LogP contribution in [0.1, 0.15) is 18.1 Å². The van der Waals surface area contributed by atoms with Crippen molar-refractivity contribution in [2.24, 2.45) is 0 Å². The molecule has 4 amide bonds. The van der Waals surface area contributed by atoms with Gasteiger partial charge in [0.1, 0.15) is 17.8 Å². The average Bonchev–Trinajstić information content (AvgIpc) is 2.86. The Morgan fingerprint density at radius 3 is 1.97 bits per heavy atom. The van der Waals surface area contributed by atoms with Gasteiger partial charge in [-0.3, -0.25) is 19.2 Å². The van der Waals surface area contributed by atoms with E-state index in [4.69, 9.17) is 4.74 Å². The molecule has 0 heterocycles. The number of rotatable bonds is 12. The van der Waals surface area contributed by atoms with Gasteiger partial charge >= 0.3 is 5.97 Å². The number of hydrogen-bond donors (Lipinski definition) is 5. The lowest BCUT2D eigenvalue weighted by Gasteiger charge is -2.18. The molecule has 2 aromatic rings. The van der Waals surface area contributed by atoms with Crippen molar-refractivity contribution < 1.29 is 33.8 Å². The Labute approximate surface area is 208 Å². The van der Waals surface area contributed by atoms with E-state index in [1.165, 1.54) is 26.2 Å². The maximum Gasteiger partial charge on any atom is 0.328 e. The van der Waals surface area contributed by atoms with Gasteiger partial charge in [0, 0.05) is 19.8 Å². The van der Waals surface area contributed by atoms with Gasteiger partial charge in [0.15, 0.2) is 0 Å². The molecule has 2 atom stereocenters. The standard InChI is InChI=1S/C25H30N4O7/c1-16(30)28-20(12-18-8-10-19(31)11-9-18)24(34)27-14-22(32)26-15-23(33)29-21(25(35)36-2)13-17-6-4-3-5-7-17/h3-11,20-21,31H,12-15H2,1-2H3,(H,26,32)(H,27,34)(H,28,30)(H,29,33)/t20-,21-/m0/s1. The molecule has 192 valence electrons. The number of carbonyl (C=O) groups excluding carboxylic acids is 5. The van der Waals surface area contributed by atoms with Gasteiger partial charge in [-0.25, -0.2) is 4.79 Å². The highest BCUT2D eigenvalue weighted by Gasteiger charge is 2.23. The van der Waals surface area contributed by atoms with E-state index in [2.05, 4.69) is 21.3 Å². The predicted molar refractivity (Wildman–Crippen MR) is 130 cm³/mol. The number of carbonyl (C=O) groups is 5. The molecule has 0 unspecified atom stereocenters. The number of methoxy groups -OCH3 is 1. The zero-order valence-corrected chi connectivity index (χ0v) is 20.1. The lowest BCUT2D eigenvalue weighted by atomic mass is 10.0. The summed E-state index contributed by atoms with van der Waals surface area (Å²) in [5.74, 6) is -2.81. The van der Waals surface area contributed by atoms with Crippen LogP contribution in [-0.4, -0.2) is 67.0 Å². The Morgan fingerprint density at radius 1 is 0.778 bits per heavy atom. The number of nitrogens with one attached hydrogen (secondary N) is 4. The zero-order valence-electron chi connectivity index (χ0n) is 20.1. The largest absolute Gasteiger partial charge is 0.508 e. The molecule has 0 aromatic heterocycles. The van der Waals surface area contributed by atoms with E-state index in [1.807, 2.05) is 18.2 Å². The summed E-state index contributed by atoms with van der Waals surface area (Å²) in [5, 5.41) is 19.2. The van der Waals surface area contributed by atoms with Crippen LogP contribution in [0.15, 0.2) is 54.6 Å². The molecule has 0 aliphatic rings. The van der Waals surface area contributed by atoms with E-state index in [0.717, 1.165) is 5.56 Å². The van der Waals surface area contributed by atoms with Crippen LogP contribution in [0.4, 0.5) is 0 Å². The van der Waals surface area contributed by atoms with Crippen LogP contribution in [0.5, 0.6) is 5.75 Å². The number of hydrogen-bond acceptors (Lipinski definition) is 7. The molecule has 5 N–H and O–H groups in total. The summed E-state index contributed by atoms with van der Waals surface area (Å²) in [6.45, 7) is 0.420. The highest BCUT2D eigenvalue weighted by atomic mass is 16.5. The smallest absolute Gasteiger partial charge is 0.328 e. The van der Waals surface area contributed by atoms with Crippen LogP contribution in [0, 0.1) is 0 Å². The van der Waals surface area contributed by atoms with Crippen LogP contribution >= 0.6 is 0 Å². The van der Waals surface area contributed by atoms with Gasteiger partial charge in [-0.15, -0.1) is 0 Å². The van der Waals surface area contributed by atoms with Crippen molar-refractivity contribution >= 4 is 29.6 Å². The van der Waals surface area contributed by atoms with E-state index >= 15 is 0 Å². The molecule has 0 spiro atoms. The van der Waals surface area contributed by atoms with Crippen molar-refractivity contribution in [1.29, 1.82) is 0 Å². The van der Waals surface area contributed by atoms with Gasteiger partial charge in [-0.1, -0.05) is 42.5 Å². The third kappa shape index (κ3) is 9.84. The molecule has 0 bridgehead atoms. The summed E-state index contributed by atoms with van der Waals surface area (Å²) in [6, 6.07) is 13.3. The summed E-state index contributed by atoms with van der Waals surface area (Å²) in [6.07, 6.45) is 0.362. The Kier molecular flexibility index (Phi) is 10.9. The first kappa shape index (κ1) is 27.8. The third-order valence-corrected chi connectivity index (χ3v) is 5.04. The number of ether oxygens (including phenoxy) is 1. The molecule has 11 nitrogen and oxygen atoms in total. The van der Waals surface area contributed by atoms with E-state index in [0.29, 0.717) is 5.56 Å². The minimum Gasteiger partial charge on any atom is -0.508 e. The molecular weight excluding hydrogens is 468 g/mol. The maximum atomic E-state index is 12.5. The fourth-order valence-corrected chi connectivity index (χ4v) is 3.29. The minimum absolute atomic E-state index is 0.0676. The number of aromatic hydroxyl groups is 1. The van der Waals surface area contributed by atoms with Crippen LogP contribution in [-0.2, 0) is 41.6 Å². The molecule has 11 heteroatoms. The van der Waals surface area contributed by atoms with E-state index in [-0.39, 0.29) is 18.6 Å². The highest BCUT2D eigenvalue weighted by Crippen LogP contribution is 2.11. The van der Waals surface area contributed by atoms with Crippen molar-refractivity contribution in [2.45, 2.75) is 31.8 Å². The van der Waals surface area contributed by atoms with Crippen LogP contribution in [0.25, 0.3) is 0 Å². The molecule has 0 aliphatic heterocycles. The average molecular weight is 499 g/mol. The fourth-order valence-electron chi connectivity index (χ4n) is 3.29. The number of benzene rings is 2. The zero-order chi connectivity index (χ0) is 26.5. The van der Waals surface area contributed by atoms with E-state index in [9.17, 15) is 29.1 Å². The Balaban J connectivity index is 1.83. The molecule has 0 saturated carbocycles. The molecule has 0 aliphatic carbocycles. The summed E-state index contributed by atoms with van der Waals surface area (Å²) < 4.78 is 4.74. The summed E-state index contributed by atoms with van der Waals surface area (Å²) >= 11 is 0. The quantitative estimate of drug-likeness (QED) is 0.248. The number of amides is 4. The van der Waals surface area contributed by atoms with Crippen LogP contribution < -0.4 is 21.3 Å². The molecule has 0 fully saturated rings. The second-order valence-corrected chi connectivity index (χ2v) is 7.95. The van der Waals surface area contributed by atoms with Crippen molar-refractivity contribution in [2.75, 3.05) is 20.2 Å². The third-order valence-electron chi connectivity index (χ3n) is 5.04. The molecule has 0 saturated heterocycles. The number of phenols is 1. The minimum atomic E-state index is -0.943. The Morgan fingerprint density at radius 2 is 1.36 bits per heavy atom. The van der Waals surface area contributed by atoms with Crippen LogP contribution in [0.3, 0.4) is 0 Å². The second-order valence-electron chi connectivity index (χ2n) is 7.95. The van der Waals surface area contributed by atoms with Crippen molar-refractivity contribution in [3.63, 3.8) is 0 Å². The number of phenolic OH excluding ortho intramolecular Hbond substituents is 1. The van der Waals surface area contributed by atoms with Crippen molar-refractivity contribution in [1.82, 2.24) is 21.3 Å². The van der Waals surface area contributed by atoms with Gasteiger partial charge < -0.3 is 31.1 Å². The first-order valence-corrected chi connectivity index (χ1v) is 11.2. The van der Waals surface area contributed by atoms with E-state index < -0.39 is 54.8 Å². The molecule has 2 rings (SSSR count). The predicted octanol–water partition coefficient (Wildman–Crippen LogP) is -0.428. The summed E-state index contributed by atoms with van der Waals surface area (Å²) in [7, 11) is 1.22. The van der Waals surface area contributed by atoms with Crippen molar-refractivity contribution in [3.8, 4) is 5.75 Å². The second kappa shape index (κ2) is 14.1. The SMILES string of the molecule is COC(=O)[C@H](Cc1ccccc1)NC(=O)CNC(=O)CNC(=O)[C@H](Cc1ccc(O)cc1)NC(C)=O. The fraction of sp³-hybridized carbons (Fsp3) is 0.320. The van der Waals surface area contributed by atoms with Crippen molar-refractivity contribution in [3.05, 3.63) is 65.7 Å². The molecule has 2 aromatic carbocycles.